The Bertz CT molecular complexity index is 255. The summed E-state index contributed by atoms with van der Waals surface area (Å²) in [5.74, 6) is 1.83. The van der Waals surface area contributed by atoms with Gasteiger partial charge in [-0.15, -0.1) is 0 Å². The lowest BCUT2D eigenvalue weighted by Gasteiger charge is -2.41. The van der Waals surface area contributed by atoms with Gasteiger partial charge in [0.1, 0.15) is 0 Å². The molecular weight excluding hydrogens is 232 g/mol. The van der Waals surface area contributed by atoms with E-state index in [4.69, 9.17) is 0 Å². The van der Waals surface area contributed by atoms with Gasteiger partial charge in [-0.2, -0.15) is 0 Å². The molecule has 1 aliphatic carbocycles. The fourth-order valence-electron chi connectivity index (χ4n) is 4.02. The molecule has 1 atom stereocenters. The van der Waals surface area contributed by atoms with E-state index in [1.807, 2.05) is 0 Å². The van der Waals surface area contributed by atoms with E-state index in [0.717, 1.165) is 17.9 Å². The number of nitrogens with one attached hydrogen (secondary N) is 1. The van der Waals surface area contributed by atoms with E-state index < -0.39 is 0 Å². The summed E-state index contributed by atoms with van der Waals surface area (Å²) in [4.78, 5) is 2.66. The van der Waals surface area contributed by atoms with Crippen LogP contribution in [0.4, 0.5) is 0 Å². The van der Waals surface area contributed by atoms with Crippen LogP contribution in [-0.2, 0) is 0 Å². The first-order chi connectivity index (χ1) is 8.97. The van der Waals surface area contributed by atoms with Gasteiger partial charge in [0.25, 0.3) is 0 Å². The van der Waals surface area contributed by atoms with Gasteiger partial charge in [0.05, 0.1) is 0 Å². The van der Waals surface area contributed by atoms with Crippen molar-refractivity contribution in [1.29, 1.82) is 0 Å². The molecule has 1 heterocycles. The summed E-state index contributed by atoms with van der Waals surface area (Å²) in [6.45, 7) is 11.0. The van der Waals surface area contributed by atoms with Crippen LogP contribution < -0.4 is 5.32 Å². The highest BCUT2D eigenvalue weighted by Gasteiger charge is 2.31. The lowest BCUT2D eigenvalue weighted by Crippen LogP contribution is -2.43. The van der Waals surface area contributed by atoms with Crippen LogP contribution in [0.3, 0.4) is 0 Å². The van der Waals surface area contributed by atoms with Crippen LogP contribution in [0.15, 0.2) is 0 Å². The van der Waals surface area contributed by atoms with E-state index in [2.05, 4.69) is 38.0 Å². The second-order valence-corrected chi connectivity index (χ2v) is 8.02. The molecule has 2 heteroatoms. The lowest BCUT2D eigenvalue weighted by molar-refractivity contribution is 0.0982. The Kier molecular flexibility index (Phi) is 5.30. The Morgan fingerprint density at radius 1 is 1.05 bits per heavy atom. The Labute approximate surface area is 120 Å². The van der Waals surface area contributed by atoms with Crippen molar-refractivity contribution in [3.8, 4) is 0 Å². The van der Waals surface area contributed by atoms with Crippen LogP contribution in [0.1, 0.15) is 59.3 Å². The maximum absolute atomic E-state index is 3.54. The third kappa shape index (κ3) is 4.46. The topological polar surface area (TPSA) is 15.3 Å². The van der Waals surface area contributed by atoms with Crippen LogP contribution in [0.25, 0.3) is 0 Å². The van der Waals surface area contributed by atoms with Crippen LogP contribution in [-0.4, -0.2) is 37.6 Å². The van der Waals surface area contributed by atoms with E-state index in [0.29, 0.717) is 5.41 Å². The summed E-state index contributed by atoms with van der Waals surface area (Å²) >= 11 is 0. The highest BCUT2D eigenvalue weighted by molar-refractivity contribution is 4.85. The minimum Gasteiger partial charge on any atom is -0.316 e. The minimum atomic E-state index is 0.511. The first-order valence-corrected chi connectivity index (χ1v) is 8.38. The average molecular weight is 266 g/mol. The molecule has 0 radical (unpaired) electrons. The van der Waals surface area contributed by atoms with Crippen LogP contribution in [0, 0.1) is 17.3 Å². The summed E-state index contributed by atoms with van der Waals surface area (Å²) in [7, 11) is 2.36. The van der Waals surface area contributed by atoms with Crippen molar-refractivity contribution in [2.45, 2.75) is 65.3 Å². The quantitative estimate of drug-likeness (QED) is 0.841. The standard InChI is InChI=1S/C17H34N2/c1-17(2,3)15-7-9-16(10-8-15)19(4)13-14-6-5-11-18-12-14/h14-16,18H,5-13H2,1-4H3. The monoisotopic (exact) mass is 266 g/mol. The van der Waals surface area contributed by atoms with Crippen molar-refractivity contribution in [3.63, 3.8) is 0 Å². The zero-order chi connectivity index (χ0) is 13.9. The highest BCUT2D eigenvalue weighted by Crippen LogP contribution is 2.38. The number of hydrogen-bond acceptors (Lipinski definition) is 2. The Morgan fingerprint density at radius 3 is 2.26 bits per heavy atom. The summed E-state index contributed by atoms with van der Waals surface area (Å²) < 4.78 is 0. The highest BCUT2D eigenvalue weighted by atomic mass is 15.1. The number of hydrogen-bond donors (Lipinski definition) is 1. The maximum Gasteiger partial charge on any atom is 0.00925 e. The van der Waals surface area contributed by atoms with Crippen LogP contribution in [0.5, 0.6) is 0 Å². The van der Waals surface area contributed by atoms with Crippen molar-refractivity contribution in [2.24, 2.45) is 17.3 Å². The Morgan fingerprint density at radius 2 is 1.74 bits per heavy atom. The molecule has 0 aromatic heterocycles. The minimum absolute atomic E-state index is 0.511. The Balaban J connectivity index is 1.74. The van der Waals surface area contributed by atoms with E-state index in [9.17, 15) is 0 Å². The third-order valence-corrected chi connectivity index (χ3v) is 5.49. The third-order valence-electron chi connectivity index (χ3n) is 5.49. The van der Waals surface area contributed by atoms with Crippen molar-refractivity contribution in [1.82, 2.24) is 10.2 Å². The SMILES string of the molecule is CN(CC1CCCNC1)C1CCC(C(C)(C)C)CC1. The van der Waals surface area contributed by atoms with Gasteiger partial charge in [-0.25, -0.2) is 0 Å². The number of piperidine rings is 1. The maximum atomic E-state index is 3.54. The second-order valence-electron chi connectivity index (χ2n) is 8.02. The second kappa shape index (κ2) is 6.58. The number of rotatable bonds is 3. The normalized spacial score (nSPS) is 33.6. The van der Waals surface area contributed by atoms with Crippen molar-refractivity contribution < 1.29 is 0 Å². The molecule has 0 bridgehead atoms. The lowest BCUT2D eigenvalue weighted by atomic mass is 9.71. The molecule has 0 amide bonds. The van der Waals surface area contributed by atoms with Crippen LogP contribution >= 0.6 is 0 Å². The zero-order valence-electron chi connectivity index (χ0n) is 13.5. The molecule has 1 saturated carbocycles. The van der Waals surface area contributed by atoms with E-state index in [1.165, 1.54) is 58.2 Å². The summed E-state index contributed by atoms with van der Waals surface area (Å²) in [6, 6.07) is 0.848. The molecule has 2 fully saturated rings. The van der Waals surface area contributed by atoms with Crippen molar-refractivity contribution in [3.05, 3.63) is 0 Å². The molecule has 1 unspecified atom stereocenters. The predicted octanol–water partition coefficient (Wildman–Crippen LogP) is 3.52. The summed E-state index contributed by atoms with van der Waals surface area (Å²) in [6.07, 6.45) is 8.49. The van der Waals surface area contributed by atoms with Gasteiger partial charge in [0.2, 0.25) is 0 Å². The van der Waals surface area contributed by atoms with Gasteiger partial charge < -0.3 is 10.2 Å². The number of nitrogens with zero attached hydrogens (tertiary/aromatic N) is 1. The molecule has 0 aromatic carbocycles. The van der Waals surface area contributed by atoms with Gasteiger partial charge in [-0.3, -0.25) is 0 Å². The largest absolute Gasteiger partial charge is 0.316 e. The van der Waals surface area contributed by atoms with Crippen LogP contribution in [0.2, 0.25) is 0 Å². The Hall–Kier alpha value is -0.0800. The van der Waals surface area contributed by atoms with Gasteiger partial charge >= 0.3 is 0 Å². The van der Waals surface area contributed by atoms with E-state index in [1.54, 1.807) is 0 Å². The fourth-order valence-corrected chi connectivity index (χ4v) is 4.02. The van der Waals surface area contributed by atoms with Crippen molar-refractivity contribution in [2.75, 3.05) is 26.7 Å². The smallest absolute Gasteiger partial charge is 0.00925 e. The van der Waals surface area contributed by atoms with Crippen molar-refractivity contribution >= 4 is 0 Å². The van der Waals surface area contributed by atoms with E-state index in [-0.39, 0.29) is 0 Å². The molecule has 0 aromatic rings. The molecule has 1 N–H and O–H groups in total. The van der Waals surface area contributed by atoms with Gasteiger partial charge in [-0.05, 0) is 75.9 Å². The first-order valence-electron chi connectivity index (χ1n) is 8.38. The molecule has 1 aliphatic heterocycles. The molecule has 2 nitrogen and oxygen atoms in total. The predicted molar refractivity (Wildman–Crippen MR) is 83.4 cm³/mol. The molecular formula is C17H34N2. The van der Waals surface area contributed by atoms with Gasteiger partial charge in [-0.1, -0.05) is 20.8 Å². The first kappa shape index (κ1) is 15.3. The fraction of sp³-hybridized carbons (Fsp3) is 1.00. The van der Waals surface area contributed by atoms with Gasteiger partial charge in [0, 0.05) is 12.6 Å². The molecule has 2 rings (SSSR count). The molecule has 19 heavy (non-hydrogen) atoms. The molecule has 0 spiro atoms. The molecule has 2 aliphatic rings. The van der Waals surface area contributed by atoms with Gasteiger partial charge in [0.15, 0.2) is 0 Å². The molecule has 1 saturated heterocycles. The average Bonchev–Trinajstić information content (AvgIpc) is 2.39. The summed E-state index contributed by atoms with van der Waals surface area (Å²) in [5.41, 5.74) is 0.511. The summed E-state index contributed by atoms with van der Waals surface area (Å²) in [5, 5.41) is 3.54. The molecule has 112 valence electrons. The van der Waals surface area contributed by atoms with E-state index >= 15 is 0 Å². The zero-order valence-corrected chi connectivity index (χ0v) is 13.5.